The maximum absolute atomic E-state index is 13.0. The maximum atomic E-state index is 13.0. The second-order valence-corrected chi connectivity index (χ2v) is 7.27. The van der Waals surface area contributed by atoms with Crippen LogP contribution in [0.2, 0.25) is 0 Å². The molecule has 4 rings (SSSR count). The van der Waals surface area contributed by atoms with Gasteiger partial charge in [-0.15, -0.1) is 11.3 Å². The van der Waals surface area contributed by atoms with Gasteiger partial charge in [0.05, 0.1) is 31.5 Å². The first kappa shape index (κ1) is 18.5. The van der Waals surface area contributed by atoms with Crippen LogP contribution in [-0.2, 0) is 22.5 Å². The molecule has 144 valence electrons. The van der Waals surface area contributed by atoms with E-state index in [-0.39, 0.29) is 5.91 Å². The van der Waals surface area contributed by atoms with Gasteiger partial charge in [-0.3, -0.25) is 9.20 Å². The van der Waals surface area contributed by atoms with Crippen LogP contribution in [0.3, 0.4) is 0 Å². The molecular weight excluding hydrogens is 374 g/mol. The minimum atomic E-state index is 0.0307. The average molecular weight is 395 g/mol. The molecule has 0 spiro atoms. The summed E-state index contributed by atoms with van der Waals surface area (Å²) in [4.78, 5) is 20.3. The molecule has 0 saturated carbocycles. The topological polar surface area (TPSA) is 60.0 Å². The lowest BCUT2D eigenvalue weighted by Crippen LogP contribution is -2.34. The van der Waals surface area contributed by atoms with Crippen molar-refractivity contribution < 1.29 is 13.9 Å². The summed E-state index contributed by atoms with van der Waals surface area (Å²) >= 11 is 1.54. The van der Waals surface area contributed by atoms with Crippen molar-refractivity contribution in [2.45, 2.75) is 13.0 Å². The molecule has 0 aliphatic rings. The van der Waals surface area contributed by atoms with Crippen molar-refractivity contribution in [3.63, 3.8) is 0 Å². The summed E-state index contributed by atoms with van der Waals surface area (Å²) in [5.41, 5.74) is 2.91. The Morgan fingerprint density at radius 3 is 2.86 bits per heavy atom. The molecule has 6 nitrogen and oxygen atoms in total. The summed E-state index contributed by atoms with van der Waals surface area (Å²) in [6.45, 7) is 1.43. The van der Waals surface area contributed by atoms with Crippen LogP contribution in [0.1, 0.15) is 11.5 Å². The second-order valence-electron chi connectivity index (χ2n) is 6.44. The van der Waals surface area contributed by atoms with Gasteiger partial charge in [-0.2, -0.15) is 0 Å². The Hall–Kier alpha value is -2.90. The average Bonchev–Trinajstić information content (AvgIpc) is 3.44. The Kier molecular flexibility index (Phi) is 5.55. The zero-order valence-electron chi connectivity index (χ0n) is 15.6. The van der Waals surface area contributed by atoms with Crippen LogP contribution in [0, 0.1) is 0 Å². The molecule has 0 atom stereocenters. The molecule has 28 heavy (non-hydrogen) atoms. The molecule has 0 N–H and O–H groups in total. The zero-order valence-corrected chi connectivity index (χ0v) is 16.4. The van der Waals surface area contributed by atoms with Crippen molar-refractivity contribution in [3.05, 3.63) is 71.8 Å². The van der Waals surface area contributed by atoms with Crippen molar-refractivity contribution in [2.24, 2.45) is 0 Å². The number of thiazole rings is 1. The molecular formula is C21H21N3O3S. The maximum Gasteiger partial charge on any atom is 0.229 e. The molecule has 0 aliphatic carbocycles. The van der Waals surface area contributed by atoms with E-state index in [4.69, 9.17) is 9.15 Å². The number of carbonyl (C=O) groups is 1. The first-order valence-electron chi connectivity index (χ1n) is 9.04. The van der Waals surface area contributed by atoms with Gasteiger partial charge in [0.25, 0.3) is 0 Å². The number of methoxy groups -OCH3 is 1. The van der Waals surface area contributed by atoms with Crippen molar-refractivity contribution in [3.8, 4) is 11.3 Å². The smallest absolute Gasteiger partial charge is 0.229 e. The molecule has 1 amide bonds. The van der Waals surface area contributed by atoms with Crippen molar-refractivity contribution in [2.75, 3.05) is 20.3 Å². The fraction of sp³-hybridized carbons (Fsp3) is 0.238. The number of nitrogens with zero attached hydrogens (tertiary/aromatic N) is 3. The van der Waals surface area contributed by atoms with Gasteiger partial charge in [0.2, 0.25) is 5.91 Å². The zero-order chi connectivity index (χ0) is 19.3. The quantitative estimate of drug-likeness (QED) is 0.454. The number of aromatic nitrogens is 2. The largest absolute Gasteiger partial charge is 0.467 e. The molecule has 3 heterocycles. The van der Waals surface area contributed by atoms with Crippen LogP contribution < -0.4 is 0 Å². The Bertz CT molecular complexity index is 1040. The molecule has 0 radical (unpaired) electrons. The van der Waals surface area contributed by atoms with Gasteiger partial charge in [0, 0.05) is 36.5 Å². The van der Waals surface area contributed by atoms with Crippen LogP contribution >= 0.6 is 11.3 Å². The third kappa shape index (κ3) is 4.00. The summed E-state index contributed by atoms with van der Waals surface area (Å²) in [6, 6.07) is 13.7. The third-order valence-electron chi connectivity index (χ3n) is 4.53. The van der Waals surface area contributed by atoms with Gasteiger partial charge in [-0.1, -0.05) is 30.3 Å². The van der Waals surface area contributed by atoms with E-state index in [1.165, 1.54) is 0 Å². The Balaban J connectivity index is 1.53. The molecule has 3 aromatic heterocycles. The SMILES string of the molecule is COCCN(Cc1ccco1)C(=O)Cc1csc2nc(-c3ccccc3)cn12. The first-order valence-corrected chi connectivity index (χ1v) is 9.92. The second kappa shape index (κ2) is 8.41. The number of fused-ring (bicyclic) bond motifs is 1. The first-order chi connectivity index (χ1) is 13.7. The number of imidazole rings is 1. The lowest BCUT2D eigenvalue weighted by Gasteiger charge is -2.21. The Labute approximate surface area is 167 Å². The van der Waals surface area contributed by atoms with E-state index in [1.54, 1.807) is 29.6 Å². The van der Waals surface area contributed by atoms with Crippen molar-refractivity contribution in [1.29, 1.82) is 0 Å². The van der Waals surface area contributed by atoms with Crippen LogP contribution in [0.25, 0.3) is 16.2 Å². The van der Waals surface area contributed by atoms with E-state index < -0.39 is 0 Å². The van der Waals surface area contributed by atoms with E-state index >= 15 is 0 Å². The van der Waals surface area contributed by atoms with Gasteiger partial charge in [0.15, 0.2) is 4.96 Å². The van der Waals surface area contributed by atoms with E-state index in [0.717, 1.165) is 27.7 Å². The number of hydrogen-bond acceptors (Lipinski definition) is 5. The fourth-order valence-electron chi connectivity index (χ4n) is 3.06. The highest BCUT2D eigenvalue weighted by molar-refractivity contribution is 7.15. The highest BCUT2D eigenvalue weighted by Crippen LogP contribution is 2.24. The summed E-state index contributed by atoms with van der Waals surface area (Å²) in [5, 5.41) is 2.00. The lowest BCUT2D eigenvalue weighted by atomic mass is 10.2. The summed E-state index contributed by atoms with van der Waals surface area (Å²) in [5.74, 6) is 0.789. The van der Waals surface area contributed by atoms with E-state index in [2.05, 4.69) is 4.98 Å². The summed E-state index contributed by atoms with van der Waals surface area (Å²) in [6.07, 6.45) is 3.91. The molecule has 0 bridgehead atoms. The number of furan rings is 1. The summed E-state index contributed by atoms with van der Waals surface area (Å²) in [7, 11) is 1.63. The predicted octanol–water partition coefficient (Wildman–Crippen LogP) is 3.87. The van der Waals surface area contributed by atoms with Crippen LogP contribution in [0.4, 0.5) is 0 Å². The highest BCUT2D eigenvalue weighted by Gasteiger charge is 2.18. The van der Waals surface area contributed by atoms with Crippen LogP contribution in [-0.4, -0.2) is 40.5 Å². The van der Waals surface area contributed by atoms with Gasteiger partial charge >= 0.3 is 0 Å². The monoisotopic (exact) mass is 395 g/mol. The molecule has 7 heteroatoms. The lowest BCUT2D eigenvalue weighted by molar-refractivity contribution is -0.132. The van der Waals surface area contributed by atoms with Gasteiger partial charge in [0.1, 0.15) is 5.76 Å². The molecule has 0 saturated heterocycles. The molecule has 4 aromatic rings. The summed E-state index contributed by atoms with van der Waals surface area (Å²) < 4.78 is 12.6. The van der Waals surface area contributed by atoms with E-state index in [1.807, 2.05) is 58.4 Å². The van der Waals surface area contributed by atoms with Crippen LogP contribution in [0.5, 0.6) is 0 Å². The normalized spacial score (nSPS) is 11.2. The number of ether oxygens (including phenoxy) is 1. The van der Waals surface area contributed by atoms with Crippen molar-refractivity contribution in [1.82, 2.24) is 14.3 Å². The minimum absolute atomic E-state index is 0.0307. The molecule has 1 aromatic carbocycles. The fourth-order valence-corrected chi connectivity index (χ4v) is 3.93. The predicted molar refractivity (Wildman–Crippen MR) is 108 cm³/mol. The number of rotatable bonds is 8. The van der Waals surface area contributed by atoms with Gasteiger partial charge in [-0.05, 0) is 12.1 Å². The number of hydrogen-bond donors (Lipinski definition) is 0. The number of carbonyl (C=O) groups excluding carboxylic acids is 1. The van der Waals surface area contributed by atoms with Crippen LogP contribution in [0.15, 0.2) is 64.7 Å². The van der Waals surface area contributed by atoms with E-state index in [0.29, 0.717) is 26.1 Å². The van der Waals surface area contributed by atoms with Gasteiger partial charge < -0.3 is 14.1 Å². The Morgan fingerprint density at radius 2 is 2.11 bits per heavy atom. The third-order valence-corrected chi connectivity index (χ3v) is 5.42. The van der Waals surface area contributed by atoms with Crippen molar-refractivity contribution >= 4 is 22.2 Å². The van der Waals surface area contributed by atoms with Gasteiger partial charge in [-0.25, -0.2) is 4.98 Å². The Morgan fingerprint density at radius 1 is 1.25 bits per heavy atom. The molecule has 0 unspecified atom stereocenters. The van der Waals surface area contributed by atoms with E-state index in [9.17, 15) is 4.79 Å². The number of amides is 1. The molecule has 0 fully saturated rings. The standard InChI is InChI=1S/C21H21N3O3S/c1-26-11-9-23(13-18-8-5-10-27-18)20(25)12-17-15-28-21-22-19(14-24(17)21)16-6-3-2-4-7-16/h2-8,10,14-15H,9,11-13H2,1H3. The highest BCUT2D eigenvalue weighted by atomic mass is 32.1. The molecule has 0 aliphatic heterocycles. The number of benzene rings is 1. The minimum Gasteiger partial charge on any atom is -0.467 e.